The van der Waals surface area contributed by atoms with Gasteiger partial charge in [0.1, 0.15) is 6.10 Å². The van der Waals surface area contributed by atoms with Crippen LogP contribution in [0.4, 0.5) is 0 Å². The minimum Gasteiger partial charge on any atom is -0.393 e. The van der Waals surface area contributed by atoms with Gasteiger partial charge in [-0.2, -0.15) is 0 Å². The molecule has 0 aromatic carbocycles. The molecule has 0 heterocycles. The van der Waals surface area contributed by atoms with Crippen molar-refractivity contribution in [1.82, 2.24) is 0 Å². The summed E-state index contributed by atoms with van der Waals surface area (Å²) in [6.07, 6.45) is -1.09. The van der Waals surface area contributed by atoms with Crippen LogP contribution in [0.2, 0.25) is 0 Å². The van der Waals surface area contributed by atoms with E-state index in [0.717, 1.165) is 0 Å². The quantitative estimate of drug-likeness (QED) is 0.236. The molecule has 0 saturated carbocycles. The van der Waals surface area contributed by atoms with Crippen LogP contribution in [0.5, 0.6) is 0 Å². The van der Waals surface area contributed by atoms with E-state index in [4.69, 9.17) is 21.0 Å². The number of aliphatic hydroxyl groups excluding tert-OH is 1. The normalized spacial score (nSPS) is 17.7. The highest BCUT2D eigenvalue weighted by Gasteiger charge is 2.23. The van der Waals surface area contributed by atoms with Gasteiger partial charge in [-0.25, -0.2) is 9.45 Å². The Bertz CT molecular complexity index is 185. The molecule has 0 aromatic rings. The van der Waals surface area contributed by atoms with Crippen molar-refractivity contribution in [3.8, 4) is 0 Å². The minimum absolute atomic E-state index is 0.0772. The van der Waals surface area contributed by atoms with Gasteiger partial charge in [-0.15, -0.1) is 0 Å². The van der Waals surface area contributed by atoms with E-state index in [1.165, 1.54) is 0 Å². The number of hydrogen-bond acceptors (Lipinski definition) is 7. The molecule has 0 bridgehead atoms. The highest BCUT2D eigenvalue weighted by Crippen LogP contribution is 2.42. The molecule has 2 atom stereocenters. The molecule has 0 radical (unpaired) electrons. The fourth-order valence-corrected chi connectivity index (χ4v) is 1.26. The molecule has 0 aliphatic heterocycles. The number of nitrogens with two attached hydrogens (primary N) is 1. The molecule has 86 valence electrons. The van der Waals surface area contributed by atoms with Crippen LogP contribution >= 0.6 is 7.82 Å². The Morgan fingerprint density at radius 3 is 2.50 bits per heavy atom. The molecule has 8 nitrogen and oxygen atoms in total. The van der Waals surface area contributed by atoms with Crippen molar-refractivity contribution in [2.45, 2.75) is 6.10 Å². The molecule has 9 heteroatoms. The lowest BCUT2D eigenvalue weighted by Crippen LogP contribution is -2.22. The molecule has 2 unspecified atom stereocenters. The molecule has 0 saturated heterocycles. The summed E-state index contributed by atoms with van der Waals surface area (Å²) >= 11 is 0. The molecule has 0 spiro atoms. The zero-order chi connectivity index (χ0) is 11.0. The molecule has 0 aliphatic rings. The van der Waals surface area contributed by atoms with Crippen LogP contribution in [0.1, 0.15) is 0 Å². The van der Waals surface area contributed by atoms with Crippen LogP contribution in [0.25, 0.3) is 0 Å². The van der Waals surface area contributed by atoms with Gasteiger partial charge in [-0.3, -0.25) is 14.3 Å². The maximum Gasteiger partial charge on any atom is 0.472 e. The number of aliphatic hydroxyl groups is 1. The molecule has 0 fully saturated rings. The average Bonchev–Trinajstić information content (AvgIpc) is 2.16. The Hall–Kier alpha value is -0.0500. The second-order valence-electron chi connectivity index (χ2n) is 2.30. The van der Waals surface area contributed by atoms with Crippen LogP contribution in [-0.2, 0) is 18.5 Å². The predicted molar refractivity (Wildman–Crippen MR) is 45.4 cm³/mol. The van der Waals surface area contributed by atoms with E-state index in [9.17, 15) is 4.57 Å². The standard InChI is InChI=1S/C5H14NO7P/c6-1-2-11-14(9,10)12-4-5(3-7)13-8/h5,7-8H,1-4,6H2,(H,9,10). The number of hydrogen-bond donors (Lipinski definition) is 4. The summed E-state index contributed by atoms with van der Waals surface area (Å²) in [4.78, 5) is 12.6. The third-order valence-electron chi connectivity index (χ3n) is 1.15. The van der Waals surface area contributed by atoms with Crippen molar-refractivity contribution in [1.29, 1.82) is 0 Å². The van der Waals surface area contributed by atoms with E-state index in [1.54, 1.807) is 0 Å². The van der Waals surface area contributed by atoms with Gasteiger partial charge >= 0.3 is 7.82 Å². The van der Waals surface area contributed by atoms with E-state index in [2.05, 4.69) is 13.9 Å². The van der Waals surface area contributed by atoms with Crippen LogP contribution in [0.3, 0.4) is 0 Å². The highest BCUT2D eigenvalue weighted by molar-refractivity contribution is 7.47. The number of phosphoric acid groups is 1. The van der Waals surface area contributed by atoms with Crippen molar-refractivity contribution >= 4 is 7.82 Å². The minimum atomic E-state index is -4.17. The summed E-state index contributed by atoms with van der Waals surface area (Å²) in [5, 5.41) is 16.6. The summed E-state index contributed by atoms with van der Waals surface area (Å²) in [5.74, 6) is 0. The molecule has 0 aliphatic carbocycles. The second kappa shape index (κ2) is 7.27. The predicted octanol–water partition coefficient (Wildman–Crippen LogP) is -1.07. The van der Waals surface area contributed by atoms with Gasteiger partial charge in [0.25, 0.3) is 0 Å². The Balaban J connectivity index is 3.79. The molecule has 5 N–H and O–H groups in total. The lowest BCUT2D eigenvalue weighted by atomic mass is 10.4. The Labute approximate surface area is 80.7 Å². The van der Waals surface area contributed by atoms with Crippen LogP contribution in [0.15, 0.2) is 0 Å². The maximum absolute atomic E-state index is 10.9. The fourth-order valence-electron chi connectivity index (χ4n) is 0.499. The first-order chi connectivity index (χ1) is 6.55. The first-order valence-corrected chi connectivity index (χ1v) is 5.28. The Morgan fingerprint density at radius 1 is 1.43 bits per heavy atom. The summed E-state index contributed by atoms with van der Waals surface area (Å²) in [7, 11) is -4.17. The van der Waals surface area contributed by atoms with Crippen molar-refractivity contribution in [3.05, 3.63) is 0 Å². The van der Waals surface area contributed by atoms with Crippen LogP contribution in [0, 0.1) is 0 Å². The first-order valence-electron chi connectivity index (χ1n) is 3.78. The molecular weight excluding hydrogens is 217 g/mol. The van der Waals surface area contributed by atoms with Crippen molar-refractivity contribution in [2.75, 3.05) is 26.4 Å². The molecular formula is C5H14NO7P. The maximum atomic E-state index is 10.9. The summed E-state index contributed by atoms with van der Waals surface area (Å²) < 4.78 is 19.7. The highest BCUT2D eigenvalue weighted by atomic mass is 31.2. The molecule has 0 amide bonds. The fraction of sp³-hybridized carbons (Fsp3) is 1.00. The zero-order valence-corrected chi connectivity index (χ0v) is 8.30. The number of rotatable bonds is 8. The summed E-state index contributed by atoms with van der Waals surface area (Å²) in [6.45, 7) is -1.07. The number of phosphoric ester groups is 1. The van der Waals surface area contributed by atoms with Crippen molar-refractivity contribution in [2.24, 2.45) is 5.73 Å². The zero-order valence-electron chi connectivity index (χ0n) is 7.40. The van der Waals surface area contributed by atoms with E-state index in [0.29, 0.717) is 0 Å². The van der Waals surface area contributed by atoms with Gasteiger partial charge < -0.3 is 15.7 Å². The van der Waals surface area contributed by atoms with Crippen LogP contribution < -0.4 is 5.73 Å². The largest absolute Gasteiger partial charge is 0.472 e. The SMILES string of the molecule is NCCOP(=O)(O)OCC(CO)OO. The topological polar surface area (TPSA) is 131 Å². The van der Waals surface area contributed by atoms with Gasteiger partial charge in [0.15, 0.2) is 0 Å². The van der Waals surface area contributed by atoms with Gasteiger partial charge in [0, 0.05) is 6.54 Å². The van der Waals surface area contributed by atoms with Gasteiger partial charge in [-0.1, -0.05) is 0 Å². The first kappa shape index (κ1) is 13.9. The van der Waals surface area contributed by atoms with E-state index in [-0.39, 0.29) is 13.2 Å². The lowest BCUT2D eigenvalue weighted by molar-refractivity contribution is -0.289. The van der Waals surface area contributed by atoms with Crippen molar-refractivity contribution < 1.29 is 33.8 Å². The van der Waals surface area contributed by atoms with Gasteiger partial charge in [0.05, 0.1) is 19.8 Å². The van der Waals surface area contributed by atoms with E-state index in [1.807, 2.05) is 0 Å². The lowest BCUT2D eigenvalue weighted by Gasteiger charge is -2.14. The van der Waals surface area contributed by atoms with E-state index < -0.39 is 27.1 Å². The van der Waals surface area contributed by atoms with Gasteiger partial charge in [0.2, 0.25) is 0 Å². The van der Waals surface area contributed by atoms with Crippen LogP contribution in [-0.4, -0.2) is 47.7 Å². The Morgan fingerprint density at radius 2 is 2.07 bits per heavy atom. The third kappa shape index (κ3) is 6.41. The summed E-state index contributed by atoms with van der Waals surface area (Å²) in [6, 6.07) is 0. The van der Waals surface area contributed by atoms with E-state index >= 15 is 0 Å². The molecule has 14 heavy (non-hydrogen) atoms. The third-order valence-corrected chi connectivity index (χ3v) is 2.13. The van der Waals surface area contributed by atoms with Gasteiger partial charge in [-0.05, 0) is 0 Å². The molecule has 0 rings (SSSR count). The Kier molecular flexibility index (Phi) is 7.24. The average molecular weight is 231 g/mol. The summed E-state index contributed by atoms with van der Waals surface area (Å²) in [5.41, 5.74) is 5.03. The van der Waals surface area contributed by atoms with Crippen molar-refractivity contribution in [3.63, 3.8) is 0 Å². The smallest absolute Gasteiger partial charge is 0.393 e. The second-order valence-corrected chi connectivity index (χ2v) is 3.75. The monoisotopic (exact) mass is 231 g/mol. The molecule has 0 aromatic heterocycles.